The van der Waals surface area contributed by atoms with Crippen molar-refractivity contribution >= 4 is 17.5 Å². The number of hydrogen-bond donors (Lipinski definition) is 1. The Hall–Kier alpha value is -1.88. The van der Waals surface area contributed by atoms with Crippen LogP contribution in [0.25, 0.3) is 0 Å². The molecular weight excluding hydrogens is 336 g/mol. The molecule has 134 valence electrons. The Morgan fingerprint density at radius 2 is 1.80 bits per heavy atom. The molecule has 0 bridgehead atoms. The summed E-state index contributed by atoms with van der Waals surface area (Å²) in [5, 5.41) is 3.71. The first kappa shape index (κ1) is 19.4. The number of nitrogens with zero attached hydrogens (tertiary/aromatic N) is 1. The number of hydrogen-bond acceptors (Lipinski definition) is 3. The van der Waals surface area contributed by atoms with Crippen LogP contribution in [0.1, 0.15) is 11.1 Å². The van der Waals surface area contributed by atoms with Gasteiger partial charge in [-0.05, 0) is 29.7 Å². The Bertz CT molecular complexity index is 632. The zero-order valence-corrected chi connectivity index (χ0v) is 15.3. The Kier molecular flexibility index (Phi) is 8.46. The van der Waals surface area contributed by atoms with Gasteiger partial charge in [0.05, 0.1) is 13.2 Å². The third-order valence-corrected chi connectivity index (χ3v) is 4.13. The molecule has 1 amide bonds. The van der Waals surface area contributed by atoms with Gasteiger partial charge in [-0.15, -0.1) is 0 Å². The van der Waals surface area contributed by atoms with Crippen LogP contribution in [0.5, 0.6) is 0 Å². The standard InChI is InChI=1S/C20H25ClN2O2/c1-25-14-13-23(15-18-5-3-2-4-6-18)16-20(24)22-12-11-17-7-9-19(21)10-8-17/h2-10H,11-16H2,1H3,(H,22,24). The van der Waals surface area contributed by atoms with Gasteiger partial charge in [0.15, 0.2) is 0 Å². The van der Waals surface area contributed by atoms with Gasteiger partial charge in [0.25, 0.3) is 0 Å². The molecule has 0 heterocycles. The number of benzene rings is 2. The molecule has 2 aromatic rings. The fourth-order valence-electron chi connectivity index (χ4n) is 2.53. The van der Waals surface area contributed by atoms with E-state index in [0.717, 1.165) is 30.1 Å². The summed E-state index contributed by atoms with van der Waals surface area (Å²) in [6.45, 7) is 3.03. The van der Waals surface area contributed by atoms with Gasteiger partial charge in [-0.3, -0.25) is 9.69 Å². The van der Waals surface area contributed by atoms with Gasteiger partial charge in [0.1, 0.15) is 0 Å². The number of carbonyl (C=O) groups excluding carboxylic acids is 1. The molecule has 0 aromatic heterocycles. The molecule has 1 N–H and O–H groups in total. The third-order valence-electron chi connectivity index (χ3n) is 3.88. The van der Waals surface area contributed by atoms with Crippen LogP contribution in [-0.4, -0.2) is 44.2 Å². The summed E-state index contributed by atoms with van der Waals surface area (Å²) >= 11 is 5.88. The Morgan fingerprint density at radius 3 is 2.48 bits per heavy atom. The maximum Gasteiger partial charge on any atom is 0.234 e. The predicted molar refractivity (Wildman–Crippen MR) is 102 cm³/mol. The van der Waals surface area contributed by atoms with Crippen LogP contribution < -0.4 is 5.32 Å². The van der Waals surface area contributed by atoms with Crippen molar-refractivity contribution in [3.05, 3.63) is 70.7 Å². The van der Waals surface area contributed by atoms with Crippen molar-refractivity contribution in [2.75, 3.05) is 33.4 Å². The first-order valence-electron chi connectivity index (χ1n) is 8.43. The first-order chi connectivity index (χ1) is 12.2. The highest BCUT2D eigenvalue weighted by Crippen LogP contribution is 2.09. The lowest BCUT2D eigenvalue weighted by molar-refractivity contribution is -0.122. The minimum Gasteiger partial charge on any atom is -0.383 e. The molecule has 25 heavy (non-hydrogen) atoms. The van der Waals surface area contributed by atoms with E-state index in [1.54, 1.807) is 7.11 Å². The maximum absolute atomic E-state index is 12.2. The molecule has 0 unspecified atom stereocenters. The van der Waals surface area contributed by atoms with Crippen molar-refractivity contribution in [3.63, 3.8) is 0 Å². The molecular formula is C20H25ClN2O2. The van der Waals surface area contributed by atoms with E-state index in [1.807, 2.05) is 42.5 Å². The van der Waals surface area contributed by atoms with Gasteiger partial charge in [0, 0.05) is 31.8 Å². The van der Waals surface area contributed by atoms with Gasteiger partial charge in [-0.25, -0.2) is 0 Å². The molecule has 0 fully saturated rings. The summed E-state index contributed by atoms with van der Waals surface area (Å²) in [7, 11) is 1.67. The number of nitrogens with one attached hydrogen (secondary N) is 1. The highest BCUT2D eigenvalue weighted by Gasteiger charge is 2.11. The lowest BCUT2D eigenvalue weighted by atomic mass is 10.1. The third kappa shape index (κ3) is 7.69. The summed E-state index contributed by atoms with van der Waals surface area (Å²) in [6.07, 6.45) is 0.791. The van der Waals surface area contributed by atoms with Crippen LogP contribution in [0.15, 0.2) is 54.6 Å². The molecule has 0 aliphatic carbocycles. The van der Waals surface area contributed by atoms with Crippen LogP contribution in [0.3, 0.4) is 0 Å². The van der Waals surface area contributed by atoms with Crippen molar-refractivity contribution in [1.82, 2.24) is 10.2 Å². The monoisotopic (exact) mass is 360 g/mol. The summed E-state index contributed by atoms with van der Waals surface area (Å²) in [5.41, 5.74) is 2.35. The lowest BCUT2D eigenvalue weighted by Crippen LogP contribution is -2.39. The number of carbonyl (C=O) groups is 1. The van der Waals surface area contributed by atoms with Gasteiger partial charge in [0.2, 0.25) is 5.91 Å². The van der Waals surface area contributed by atoms with Crippen LogP contribution in [0, 0.1) is 0 Å². The molecule has 2 aromatic carbocycles. The van der Waals surface area contributed by atoms with Crippen molar-refractivity contribution in [3.8, 4) is 0 Å². The minimum absolute atomic E-state index is 0.0287. The van der Waals surface area contributed by atoms with Crippen molar-refractivity contribution in [2.24, 2.45) is 0 Å². The molecule has 5 heteroatoms. The van der Waals surface area contributed by atoms with Gasteiger partial charge >= 0.3 is 0 Å². The summed E-state index contributed by atoms with van der Waals surface area (Å²) in [5.74, 6) is 0.0287. The number of amides is 1. The number of halogens is 1. The van der Waals surface area contributed by atoms with Gasteiger partial charge < -0.3 is 10.1 Å². The average Bonchev–Trinajstić information content (AvgIpc) is 2.62. The molecule has 0 spiro atoms. The highest BCUT2D eigenvalue weighted by molar-refractivity contribution is 6.30. The Balaban J connectivity index is 1.78. The zero-order chi connectivity index (χ0) is 17.9. The fourth-order valence-corrected chi connectivity index (χ4v) is 2.66. The predicted octanol–water partition coefficient (Wildman–Crippen LogP) is 3.15. The number of rotatable bonds is 10. The van der Waals surface area contributed by atoms with Crippen molar-refractivity contribution < 1.29 is 9.53 Å². The molecule has 0 aliphatic rings. The molecule has 0 radical (unpaired) electrons. The van der Waals surface area contributed by atoms with Crippen LogP contribution in [-0.2, 0) is 22.5 Å². The van der Waals surface area contributed by atoms with E-state index in [4.69, 9.17) is 16.3 Å². The van der Waals surface area contributed by atoms with Crippen LogP contribution in [0.4, 0.5) is 0 Å². The Morgan fingerprint density at radius 1 is 1.08 bits per heavy atom. The summed E-state index contributed by atoms with van der Waals surface area (Å²) in [6, 6.07) is 17.8. The number of ether oxygens (including phenoxy) is 1. The zero-order valence-electron chi connectivity index (χ0n) is 14.6. The topological polar surface area (TPSA) is 41.6 Å². The van der Waals surface area contributed by atoms with E-state index in [0.29, 0.717) is 19.7 Å². The second-order valence-corrected chi connectivity index (χ2v) is 6.35. The van der Waals surface area contributed by atoms with Crippen molar-refractivity contribution in [2.45, 2.75) is 13.0 Å². The number of methoxy groups -OCH3 is 1. The van der Waals surface area contributed by atoms with E-state index in [1.165, 1.54) is 5.56 Å². The fraction of sp³-hybridized carbons (Fsp3) is 0.350. The SMILES string of the molecule is COCCN(CC(=O)NCCc1ccc(Cl)cc1)Cc1ccccc1. The quantitative estimate of drug-likeness (QED) is 0.707. The highest BCUT2D eigenvalue weighted by atomic mass is 35.5. The molecule has 0 saturated carbocycles. The van der Waals surface area contributed by atoms with Gasteiger partial charge in [-0.1, -0.05) is 54.1 Å². The maximum atomic E-state index is 12.2. The normalized spacial score (nSPS) is 10.8. The van der Waals surface area contributed by atoms with E-state index in [2.05, 4.69) is 22.3 Å². The first-order valence-corrected chi connectivity index (χ1v) is 8.81. The lowest BCUT2D eigenvalue weighted by Gasteiger charge is -2.21. The van der Waals surface area contributed by atoms with E-state index in [9.17, 15) is 4.79 Å². The second-order valence-electron chi connectivity index (χ2n) is 5.92. The van der Waals surface area contributed by atoms with E-state index < -0.39 is 0 Å². The summed E-state index contributed by atoms with van der Waals surface area (Å²) in [4.78, 5) is 14.3. The average molecular weight is 361 g/mol. The smallest absolute Gasteiger partial charge is 0.234 e. The summed E-state index contributed by atoms with van der Waals surface area (Å²) < 4.78 is 5.16. The molecule has 2 rings (SSSR count). The van der Waals surface area contributed by atoms with Gasteiger partial charge in [-0.2, -0.15) is 0 Å². The van der Waals surface area contributed by atoms with E-state index >= 15 is 0 Å². The largest absolute Gasteiger partial charge is 0.383 e. The second kappa shape index (κ2) is 10.9. The molecule has 4 nitrogen and oxygen atoms in total. The van der Waals surface area contributed by atoms with E-state index in [-0.39, 0.29) is 5.91 Å². The van der Waals surface area contributed by atoms with Crippen LogP contribution in [0.2, 0.25) is 5.02 Å². The van der Waals surface area contributed by atoms with Crippen LogP contribution >= 0.6 is 11.6 Å². The molecule has 0 atom stereocenters. The van der Waals surface area contributed by atoms with Crippen molar-refractivity contribution in [1.29, 1.82) is 0 Å². The minimum atomic E-state index is 0.0287. The molecule has 0 aliphatic heterocycles. The molecule has 0 saturated heterocycles. The Labute approximate surface area is 154 Å².